The van der Waals surface area contributed by atoms with Gasteiger partial charge < -0.3 is 14.4 Å². The van der Waals surface area contributed by atoms with E-state index in [1.165, 1.54) is 4.90 Å². The highest BCUT2D eigenvalue weighted by molar-refractivity contribution is 5.94. The highest BCUT2D eigenvalue weighted by Gasteiger charge is 2.37. The summed E-state index contributed by atoms with van der Waals surface area (Å²) in [5.74, 6) is -1.52. The number of halogens is 2. The molecule has 1 fully saturated rings. The fraction of sp³-hybridized carbons (Fsp3) is 0.222. The summed E-state index contributed by atoms with van der Waals surface area (Å²) in [5.41, 5.74) is 1.17. The van der Waals surface area contributed by atoms with Crippen molar-refractivity contribution in [1.82, 2.24) is 14.3 Å². The fourth-order valence-corrected chi connectivity index (χ4v) is 3.32. The highest BCUT2D eigenvalue weighted by atomic mass is 19.1. The number of aliphatic hydroxyl groups excluding tert-OH is 1. The van der Waals surface area contributed by atoms with Crippen LogP contribution in [-0.2, 0) is 0 Å². The van der Waals surface area contributed by atoms with Crippen LogP contribution in [0.15, 0.2) is 48.9 Å². The van der Waals surface area contributed by atoms with E-state index in [0.29, 0.717) is 11.2 Å². The van der Waals surface area contributed by atoms with Crippen molar-refractivity contribution in [2.45, 2.75) is 18.6 Å². The van der Waals surface area contributed by atoms with Gasteiger partial charge in [-0.05, 0) is 36.8 Å². The Kier molecular flexibility index (Phi) is 3.73. The number of amides is 1. The lowest BCUT2D eigenvalue weighted by Gasteiger charge is -2.25. The molecule has 2 unspecified atom stereocenters. The topological polar surface area (TPSA) is 57.8 Å². The first kappa shape index (κ1) is 15.7. The molecule has 3 heterocycles. The summed E-state index contributed by atoms with van der Waals surface area (Å²) < 4.78 is 29.4. The third-order valence-electron chi connectivity index (χ3n) is 4.49. The van der Waals surface area contributed by atoms with Gasteiger partial charge in [-0.3, -0.25) is 4.79 Å². The highest BCUT2D eigenvalue weighted by Crippen LogP contribution is 2.35. The van der Waals surface area contributed by atoms with Gasteiger partial charge in [-0.2, -0.15) is 0 Å². The number of pyridine rings is 1. The first-order chi connectivity index (χ1) is 12.0. The van der Waals surface area contributed by atoms with Crippen LogP contribution in [0.1, 0.15) is 28.4 Å². The van der Waals surface area contributed by atoms with Gasteiger partial charge in [0.05, 0.1) is 17.7 Å². The predicted molar refractivity (Wildman–Crippen MR) is 86.0 cm³/mol. The molecule has 2 atom stereocenters. The van der Waals surface area contributed by atoms with E-state index in [2.05, 4.69) is 4.98 Å². The Bertz CT molecular complexity index is 956. The number of benzene rings is 1. The summed E-state index contributed by atoms with van der Waals surface area (Å²) in [6.07, 6.45) is 4.35. The molecule has 3 aromatic rings. The molecule has 7 heteroatoms. The molecular formula is C18H15F2N3O2. The number of hydrogen-bond acceptors (Lipinski definition) is 3. The number of likely N-dealkylation sites (tertiary alicyclic amines) is 1. The number of carbonyl (C=O) groups is 1. The second-order valence-electron chi connectivity index (χ2n) is 6.14. The summed E-state index contributed by atoms with van der Waals surface area (Å²) in [7, 11) is 0. The van der Waals surface area contributed by atoms with Crippen molar-refractivity contribution in [2.75, 3.05) is 6.54 Å². The van der Waals surface area contributed by atoms with Crippen LogP contribution in [0.5, 0.6) is 0 Å². The Morgan fingerprint density at radius 1 is 1.24 bits per heavy atom. The van der Waals surface area contributed by atoms with E-state index in [9.17, 15) is 18.7 Å². The lowest BCUT2D eigenvalue weighted by molar-refractivity contribution is 0.0713. The Hall–Kier alpha value is -2.80. The fourth-order valence-electron chi connectivity index (χ4n) is 3.32. The molecule has 0 saturated carbocycles. The number of nitrogens with zero attached hydrogens (tertiary/aromatic N) is 3. The summed E-state index contributed by atoms with van der Waals surface area (Å²) in [6, 6.07) is 5.78. The minimum atomic E-state index is -0.784. The van der Waals surface area contributed by atoms with E-state index in [-0.39, 0.29) is 24.4 Å². The van der Waals surface area contributed by atoms with Crippen LogP contribution in [0.25, 0.3) is 5.65 Å². The average Bonchev–Trinajstić information content (AvgIpc) is 3.22. The Balaban J connectivity index is 1.71. The van der Waals surface area contributed by atoms with Gasteiger partial charge >= 0.3 is 0 Å². The molecule has 1 N–H and O–H groups in total. The zero-order valence-electron chi connectivity index (χ0n) is 13.1. The van der Waals surface area contributed by atoms with Crippen LogP contribution >= 0.6 is 0 Å². The van der Waals surface area contributed by atoms with Crippen molar-refractivity contribution >= 4 is 11.6 Å². The van der Waals surface area contributed by atoms with Crippen LogP contribution in [0.4, 0.5) is 8.78 Å². The minimum absolute atomic E-state index is 0.0709. The summed E-state index contributed by atoms with van der Waals surface area (Å²) in [5, 5.41) is 10.0. The molecule has 128 valence electrons. The predicted octanol–water partition coefficient (Wildman–Crippen LogP) is 2.56. The van der Waals surface area contributed by atoms with E-state index in [4.69, 9.17) is 0 Å². The number of β-amino-alcohol motifs (C(OH)–C–C–N with tert-alkyl or cyclic N) is 1. The second-order valence-corrected chi connectivity index (χ2v) is 6.14. The summed E-state index contributed by atoms with van der Waals surface area (Å²) >= 11 is 0. The molecule has 4 rings (SSSR count). The first-order valence-electron chi connectivity index (χ1n) is 7.89. The van der Waals surface area contributed by atoms with E-state index >= 15 is 0 Å². The molecule has 2 aromatic heterocycles. The number of fused-ring (bicyclic) bond motifs is 1. The van der Waals surface area contributed by atoms with Gasteiger partial charge in [0.15, 0.2) is 0 Å². The maximum Gasteiger partial charge on any atom is 0.255 e. The Labute approximate surface area is 142 Å². The van der Waals surface area contributed by atoms with Gasteiger partial charge in [0.1, 0.15) is 17.3 Å². The second kappa shape index (κ2) is 5.93. The molecule has 1 saturated heterocycles. The molecule has 25 heavy (non-hydrogen) atoms. The molecule has 0 aliphatic carbocycles. The van der Waals surface area contributed by atoms with Crippen molar-refractivity contribution in [3.63, 3.8) is 0 Å². The number of hydrogen-bond donors (Lipinski definition) is 1. The van der Waals surface area contributed by atoms with Crippen LogP contribution in [0.3, 0.4) is 0 Å². The van der Waals surface area contributed by atoms with Crippen LogP contribution < -0.4 is 0 Å². The van der Waals surface area contributed by atoms with Gasteiger partial charge in [0.2, 0.25) is 0 Å². The third kappa shape index (κ3) is 2.76. The quantitative estimate of drug-likeness (QED) is 0.778. The number of carbonyl (C=O) groups excluding carboxylic acids is 1. The van der Waals surface area contributed by atoms with Gasteiger partial charge in [-0.15, -0.1) is 0 Å². The maximum atomic E-state index is 14.2. The van der Waals surface area contributed by atoms with E-state index in [1.54, 1.807) is 35.1 Å². The monoisotopic (exact) mass is 343 g/mol. The lowest BCUT2D eigenvalue weighted by Crippen LogP contribution is -2.32. The Morgan fingerprint density at radius 2 is 2.08 bits per heavy atom. The van der Waals surface area contributed by atoms with Crippen molar-refractivity contribution < 1.29 is 18.7 Å². The number of imidazole rings is 1. The molecule has 1 amide bonds. The van der Waals surface area contributed by atoms with E-state index < -0.39 is 23.8 Å². The van der Waals surface area contributed by atoms with Crippen LogP contribution in [0, 0.1) is 11.6 Å². The maximum absolute atomic E-state index is 14.2. The SMILES string of the molecule is O=C(c1ccc2nccn2c1)N1CC(O)CC1c1cc(F)ccc1F. The first-order valence-corrected chi connectivity index (χ1v) is 7.89. The molecule has 1 aliphatic heterocycles. The number of aromatic nitrogens is 2. The Morgan fingerprint density at radius 3 is 2.92 bits per heavy atom. The van der Waals surface area contributed by atoms with E-state index in [1.807, 2.05) is 0 Å². The number of rotatable bonds is 2. The normalized spacial score (nSPS) is 20.4. The van der Waals surface area contributed by atoms with Crippen LogP contribution in [0.2, 0.25) is 0 Å². The molecule has 1 aliphatic rings. The molecular weight excluding hydrogens is 328 g/mol. The lowest BCUT2D eigenvalue weighted by atomic mass is 10.0. The molecule has 0 spiro atoms. The van der Waals surface area contributed by atoms with Gasteiger partial charge in [-0.1, -0.05) is 0 Å². The van der Waals surface area contributed by atoms with Crippen molar-refractivity contribution in [1.29, 1.82) is 0 Å². The van der Waals surface area contributed by atoms with Crippen molar-refractivity contribution in [2.24, 2.45) is 0 Å². The summed E-state index contributed by atoms with van der Waals surface area (Å²) in [6.45, 7) is 0.0709. The molecule has 1 aromatic carbocycles. The minimum Gasteiger partial charge on any atom is -0.391 e. The van der Waals surface area contributed by atoms with Gasteiger partial charge in [0, 0.05) is 30.7 Å². The largest absolute Gasteiger partial charge is 0.391 e. The molecule has 0 bridgehead atoms. The van der Waals surface area contributed by atoms with Crippen molar-refractivity contribution in [3.8, 4) is 0 Å². The van der Waals surface area contributed by atoms with Gasteiger partial charge in [-0.25, -0.2) is 13.8 Å². The number of aliphatic hydroxyl groups is 1. The van der Waals surface area contributed by atoms with E-state index in [0.717, 1.165) is 18.2 Å². The molecule has 0 radical (unpaired) electrons. The molecule has 5 nitrogen and oxygen atoms in total. The van der Waals surface area contributed by atoms with Gasteiger partial charge in [0.25, 0.3) is 5.91 Å². The van der Waals surface area contributed by atoms with Crippen molar-refractivity contribution in [3.05, 3.63) is 71.7 Å². The zero-order valence-corrected chi connectivity index (χ0v) is 13.1. The smallest absolute Gasteiger partial charge is 0.255 e. The summed E-state index contributed by atoms with van der Waals surface area (Å²) in [4.78, 5) is 18.4. The third-order valence-corrected chi connectivity index (χ3v) is 4.49. The average molecular weight is 343 g/mol. The van der Waals surface area contributed by atoms with Crippen LogP contribution in [-0.4, -0.2) is 37.9 Å². The standard InChI is InChI=1S/C18H15F2N3O2/c19-12-2-3-15(20)14(7-12)16-8-13(24)10-23(16)18(25)11-1-4-17-21-5-6-22(17)9-11/h1-7,9,13,16,24H,8,10H2. The zero-order chi connectivity index (χ0) is 17.6.